The van der Waals surface area contributed by atoms with Gasteiger partial charge in [-0.25, -0.2) is 8.78 Å². The van der Waals surface area contributed by atoms with Crippen LogP contribution in [0.25, 0.3) is 0 Å². The summed E-state index contributed by atoms with van der Waals surface area (Å²) < 4.78 is 32.6. The summed E-state index contributed by atoms with van der Waals surface area (Å²) in [7, 11) is 0. The highest BCUT2D eigenvalue weighted by Gasteiger charge is 2.19. The summed E-state index contributed by atoms with van der Waals surface area (Å²) >= 11 is 0. The van der Waals surface area contributed by atoms with Crippen LogP contribution in [0.5, 0.6) is 0 Å². The second-order valence-corrected chi connectivity index (χ2v) is 6.58. The Labute approximate surface area is 154 Å². The minimum Gasteiger partial charge on any atom is -0.389 e. The summed E-state index contributed by atoms with van der Waals surface area (Å²) in [5.41, 5.74) is 1.47. The Morgan fingerprint density at radius 1 is 1.12 bits per heavy atom. The Bertz CT molecular complexity index is 666. The maximum atomic E-state index is 14.0. The Balaban J connectivity index is 1.89. The molecule has 0 spiro atoms. The third-order valence-corrected chi connectivity index (χ3v) is 4.47. The van der Waals surface area contributed by atoms with E-state index < -0.39 is 17.7 Å². The van der Waals surface area contributed by atoms with Gasteiger partial charge in [-0.1, -0.05) is 43.3 Å². The van der Waals surface area contributed by atoms with Crippen molar-refractivity contribution < 1.29 is 18.6 Å². The molecule has 0 fully saturated rings. The third kappa shape index (κ3) is 6.48. The first-order chi connectivity index (χ1) is 12.5. The van der Waals surface area contributed by atoms with E-state index in [-0.39, 0.29) is 12.6 Å². The second kappa shape index (κ2) is 10.4. The lowest BCUT2D eigenvalue weighted by atomic mass is 10.1. The van der Waals surface area contributed by atoms with Gasteiger partial charge in [0.25, 0.3) is 0 Å². The van der Waals surface area contributed by atoms with Crippen molar-refractivity contribution in [3.63, 3.8) is 0 Å². The van der Waals surface area contributed by atoms with Crippen LogP contribution in [0.4, 0.5) is 8.78 Å². The van der Waals surface area contributed by atoms with Crippen molar-refractivity contribution in [1.82, 2.24) is 4.90 Å². The van der Waals surface area contributed by atoms with Crippen LogP contribution >= 0.6 is 0 Å². The third-order valence-electron chi connectivity index (χ3n) is 4.47. The van der Waals surface area contributed by atoms with Crippen molar-refractivity contribution in [3.05, 3.63) is 71.3 Å². The lowest BCUT2D eigenvalue weighted by Crippen LogP contribution is -2.40. The van der Waals surface area contributed by atoms with Crippen LogP contribution in [-0.4, -0.2) is 35.3 Å². The minimum atomic E-state index is -0.684. The second-order valence-electron chi connectivity index (χ2n) is 6.58. The van der Waals surface area contributed by atoms with Gasteiger partial charge in [-0.05, 0) is 25.0 Å². The number of aliphatic hydroxyl groups is 1. The fraction of sp³-hybridized carbons (Fsp3) is 0.429. The van der Waals surface area contributed by atoms with E-state index in [2.05, 4.69) is 0 Å². The van der Waals surface area contributed by atoms with Crippen LogP contribution in [0.15, 0.2) is 48.5 Å². The molecule has 2 unspecified atom stereocenters. The van der Waals surface area contributed by atoms with Gasteiger partial charge in [0.2, 0.25) is 0 Å². The fourth-order valence-corrected chi connectivity index (χ4v) is 2.74. The van der Waals surface area contributed by atoms with Crippen molar-refractivity contribution in [2.24, 2.45) is 0 Å². The number of nitrogens with zero attached hydrogens (tertiary/aromatic N) is 1. The normalized spacial score (nSPS) is 13.8. The highest BCUT2D eigenvalue weighted by atomic mass is 19.1. The van der Waals surface area contributed by atoms with Crippen LogP contribution in [-0.2, 0) is 17.9 Å². The average Bonchev–Trinajstić information content (AvgIpc) is 2.63. The first-order valence-corrected chi connectivity index (χ1v) is 8.97. The Morgan fingerprint density at radius 3 is 2.50 bits per heavy atom. The Hall–Kier alpha value is -1.82. The van der Waals surface area contributed by atoms with E-state index in [0.29, 0.717) is 25.3 Å². The monoisotopic (exact) mass is 363 g/mol. The summed E-state index contributed by atoms with van der Waals surface area (Å²) in [6.45, 7) is 5.38. The van der Waals surface area contributed by atoms with Crippen LogP contribution in [0.2, 0.25) is 0 Å². The van der Waals surface area contributed by atoms with Crippen LogP contribution < -0.4 is 0 Å². The number of aliphatic hydroxyl groups excluding tert-OH is 1. The number of rotatable bonds is 10. The van der Waals surface area contributed by atoms with Gasteiger partial charge in [0.1, 0.15) is 11.6 Å². The van der Waals surface area contributed by atoms with Crippen LogP contribution in [0, 0.1) is 11.6 Å². The van der Waals surface area contributed by atoms with E-state index in [1.807, 2.05) is 49.1 Å². The number of halogens is 2. The van der Waals surface area contributed by atoms with Gasteiger partial charge < -0.3 is 9.84 Å². The summed E-state index contributed by atoms with van der Waals surface area (Å²) in [5, 5.41) is 10.3. The van der Waals surface area contributed by atoms with E-state index >= 15 is 0 Å². The van der Waals surface area contributed by atoms with Gasteiger partial charge in [-0.15, -0.1) is 0 Å². The van der Waals surface area contributed by atoms with Gasteiger partial charge in [0.15, 0.2) is 0 Å². The highest BCUT2D eigenvalue weighted by Crippen LogP contribution is 2.16. The van der Waals surface area contributed by atoms with Gasteiger partial charge >= 0.3 is 0 Å². The van der Waals surface area contributed by atoms with E-state index in [1.165, 1.54) is 12.1 Å². The molecule has 0 amide bonds. The summed E-state index contributed by atoms with van der Waals surface area (Å²) in [4.78, 5) is 1.99. The Morgan fingerprint density at radius 2 is 1.85 bits per heavy atom. The largest absolute Gasteiger partial charge is 0.389 e. The molecule has 3 nitrogen and oxygen atoms in total. The maximum absolute atomic E-state index is 14.0. The summed E-state index contributed by atoms with van der Waals surface area (Å²) in [5.74, 6) is -1.15. The predicted octanol–water partition coefficient (Wildman–Crippen LogP) is 4.14. The molecule has 2 atom stereocenters. The fourth-order valence-electron chi connectivity index (χ4n) is 2.74. The molecule has 5 heteroatoms. The molecule has 0 heterocycles. The quantitative estimate of drug-likeness (QED) is 0.689. The molecule has 2 rings (SSSR count). The standard InChI is InChI=1S/C21H27F2NO2/c1-3-16(2)24(12-18-9-10-19(22)11-21(18)23)13-20(25)15-26-14-17-7-5-4-6-8-17/h4-11,16,20,25H,3,12-15H2,1-2H3. The van der Waals surface area contributed by atoms with E-state index in [9.17, 15) is 13.9 Å². The molecule has 2 aromatic rings. The molecule has 0 aliphatic rings. The van der Waals surface area contributed by atoms with Crippen molar-refractivity contribution in [2.75, 3.05) is 13.2 Å². The van der Waals surface area contributed by atoms with Crippen molar-refractivity contribution in [2.45, 2.75) is 45.6 Å². The van der Waals surface area contributed by atoms with E-state index in [0.717, 1.165) is 18.1 Å². The molecule has 0 radical (unpaired) electrons. The smallest absolute Gasteiger partial charge is 0.130 e. The van der Waals surface area contributed by atoms with Crippen molar-refractivity contribution >= 4 is 0 Å². The first kappa shape index (κ1) is 20.5. The molecule has 0 aliphatic heterocycles. The zero-order valence-corrected chi connectivity index (χ0v) is 15.4. The molecular formula is C21H27F2NO2. The molecule has 2 aromatic carbocycles. The van der Waals surface area contributed by atoms with Crippen molar-refractivity contribution in [3.8, 4) is 0 Å². The minimum absolute atomic E-state index is 0.156. The molecule has 0 saturated carbocycles. The first-order valence-electron chi connectivity index (χ1n) is 8.97. The topological polar surface area (TPSA) is 32.7 Å². The van der Waals surface area contributed by atoms with Crippen LogP contribution in [0.1, 0.15) is 31.4 Å². The maximum Gasteiger partial charge on any atom is 0.130 e. The predicted molar refractivity (Wildman–Crippen MR) is 98.6 cm³/mol. The molecule has 0 saturated heterocycles. The van der Waals surface area contributed by atoms with E-state index in [1.54, 1.807) is 0 Å². The average molecular weight is 363 g/mol. The molecule has 0 aliphatic carbocycles. The zero-order valence-electron chi connectivity index (χ0n) is 15.4. The highest BCUT2D eigenvalue weighted by molar-refractivity contribution is 5.18. The molecule has 26 heavy (non-hydrogen) atoms. The number of hydrogen-bond acceptors (Lipinski definition) is 3. The Kier molecular flexibility index (Phi) is 8.16. The van der Waals surface area contributed by atoms with Gasteiger partial charge in [0.05, 0.1) is 19.3 Å². The molecule has 0 aromatic heterocycles. The van der Waals surface area contributed by atoms with Crippen molar-refractivity contribution in [1.29, 1.82) is 0 Å². The summed E-state index contributed by atoms with van der Waals surface area (Å²) in [6.07, 6.45) is 0.177. The number of hydrogen-bond donors (Lipinski definition) is 1. The van der Waals surface area contributed by atoms with Gasteiger partial charge in [-0.2, -0.15) is 0 Å². The lowest BCUT2D eigenvalue weighted by molar-refractivity contribution is 0.00124. The molecule has 1 N–H and O–H groups in total. The van der Waals surface area contributed by atoms with Gasteiger partial charge in [0, 0.05) is 30.8 Å². The SMILES string of the molecule is CCC(C)N(Cc1ccc(F)cc1F)CC(O)COCc1ccccc1. The zero-order chi connectivity index (χ0) is 18.9. The van der Waals surface area contributed by atoms with Crippen LogP contribution in [0.3, 0.4) is 0 Å². The van der Waals surface area contributed by atoms with Gasteiger partial charge in [-0.3, -0.25) is 4.90 Å². The lowest BCUT2D eigenvalue weighted by Gasteiger charge is -2.30. The molecule has 0 bridgehead atoms. The number of benzene rings is 2. The summed E-state index contributed by atoms with van der Waals surface area (Å²) in [6, 6.07) is 13.5. The van der Waals surface area contributed by atoms with E-state index in [4.69, 9.17) is 4.74 Å². The number of ether oxygens (including phenoxy) is 1. The molecule has 142 valence electrons. The molecular weight excluding hydrogens is 336 g/mol.